The van der Waals surface area contributed by atoms with Gasteiger partial charge in [-0.05, 0) is 46.3 Å². The third kappa shape index (κ3) is 2.28. The van der Waals surface area contributed by atoms with Crippen molar-refractivity contribution in [2.45, 2.75) is 51.2 Å². The number of fused-ring (bicyclic) bond motifs is 5. The van der Waals surface area contributed by atoms with Crippen LogP contribution in [0.25, 0.3) is 28.4 Å². The summed E-state index contributed by atoms with van der Waals surface area (Å²) in [5, 5.41) is 32.0. The van der Waals surface area contributed by atoms with E-state index in [9.17, 15) is 20.1 Å². The van der Waals surface area contributed by atoms with Gasteiger partial charge in [0.15, 0.2) is 22.5 Å². The Labute approximate surface area is 183 Å². The molecule has 0 saturated heterocycles. The molecule has 3 N–H and O–H groups in total. The van der Waals surface area contributed by atoms with Crippen LogP contribution < -0.4 is 14.9 Å². The minimum absolute atomic E-state index is 0.0779. The highest BCUT2D eigenvalue weighted by Crippen LogP contribution is 2.59. The smallest absolute Gasteiger partial charge is 0.200 e. The first kappa shape index (κ1) is 19.1. The van der Waals surface area contributed by atoms with Gasteiger partial charge in [0.1, 0.15) is 39.6 Å². The van der Waals surface area contributed by atoms with Crippen LogP contribution in [0.2, 0.25) is 0 Å². The zero-order valence-corrected chi connectivity index (χ0v) is 18.1. The van der Waals surface area contributed by atoms with Crippen LogP contribution in [-0.2, 0) is 6.42 Å². The van der Waals surface area contributed by atoms with Crippen LogP contribution in [0.5, 0.6) is 28.7 Å². The first-order valence-corrected chi connectivity index (χ1v) is 10.5. The number of hydrogen-bond acceptors (Lipinski definition) is 7. The number of hydrogen-bond donors (Lipinski definition) is 3. The first-order valence-electron chi connectivity index (χ1n) is 10.5. The summed E-state index contributed by atoms with van der Waals surface area (Å²) in [6.07, 6.45) is 3.96. The third-order valence-corrected chi connectivity index (χ3v) is 6.73. The largest absolute Gasteiger partial charge is 0.507 e. The van der Waals surface area contributed by atoms with Gasteiger partial charge in [-0.25, -0.2) is 0 Å². The Bertz CT molecular complexity index is 1460. The number of aromatic hydroxyl groups is 3. The highest BCUT2D eigenvalue weighted by Gasteiger charge is 2.49. The minimum atomic E-state index is -0.707. The summed E-state index contributed by atoms with van der Waals surface area (Å²) >= 11 is 0. The quantitative estimate of drug-likeness (QED) is 0.475. The molecule has 7 nitrogen and oxygen atoms in total. The van der Waals surface area contributed by atoms with Gasteiger partial charge in [-0.3, -0.25) is 4.79 Å². The topological polar surface area (TPSA) is 109 Å². The zero-order chi connectivity index (χ0) is 22.7. The molecule has 2 aliphatic heterocycles. The molecule has 6 rings (SSSR count). The van der Waals surface area contributed by atoms with E-state index < -0.39 is 11.2 Å². The van der Waals surface area contributed by atoms with Crippen molar-refractivity contribution in [1.29, 1.82) is 0 Å². The molecule has 0 unspecified atom stereocenters. The fraction of sp³-hybridized carbons (Fsp3) is 0.320. The molecule has 0 saturated carbocycles. The summed E-state index contributed by atoms with van der Waals surface area (Å²) in [6.45, 7) is 7.53. The lowest BCUT2D eigenvalue weighted by Gasteiger charge is -2.31. The summed E-state index contributed by atoms with van der Waals surface area (Å²) in [4.78, 5) is 13.6. The number of rotatable bonds is 0. The van der Waals surface area contributed by atoms with Crippen LogP contribution in [0.4, 0.5) is 0 Å². The maximum Gasteiger partial charge on any atom is 0.200 e. The Balaban J connectivity index is 1.73. The van der Waals surface area contributed by atoms with Gasteiger partial charge in [0.05, 0.1) is 11.1 Å². The average Bonchev–Trinajstić information content (AvgIpc) is 2.96. The number of ether oxygens (including phenoxy) is 2. The second-order valence-corrected chi connectivity index (χ2v) is 9.78. The van der Waals surface area contributed by atoms with Gasteiger partial charge < -0.3 is 29.2 Å². The molecule has 0 fully saturated rings. The molecule has 3 aromatic rings. The van der Waals surface area contributed by atoms with Crippen molar-refractivity contribution in [3.63, 3.8) is 0 Å². The zero-order valence-electron chi connectivity index (χ0n) is 18.1. The Morgan fingerprint density at radius 1 is 1.00 bits per heavy atom. The van der Waals surface area contributed by atoms with Crippen LogP contribution in [0.15, 0.2) is 27.4 Å². The molecular formula is C25H22O7. The molecule has 32 heavy (non-hydrogen) atoms. The maximum absolute atomic E-state index is 13.6. The van der Waals surface area contributed by atoms with Crippen LogP contribution in [0, 0.1) is 0 Å². The van der Waals surface area contributed by atoms with E-state index >= 15 is 0 Å². The van der Waals surface area contributed by atoms with Crippen LogP contribution in [0.3, 0.4) is 0 Å². The van der Waals surface area contributed by atoms with Crippen molar-refractivity contribution >= 4 is 17.0 Å². The van der Waals surface area contributed by atoms with E-state index in [-0.39, 0.29) is 45.3 Å². The Hall–Kier alpha value is -3.61. The molecule has 0 radical (unpaired) electrons. The van der Waals surface area contributed by atoms with E-state index in [0.717, 1.165) is 0 Å². The third-order valence-electron chi connectivity index (χ3n) is 6.73. The Morgan fingerprint density at radius 3 is 2.50 bits per heavy atom. The second-order valence-electron chi connectivity index (χ2n) is 9.78. The van der Waals surface area contributed by atoms with Gasteiger partial charge in [0, 0.05) is 29.2 Å². The highest BCUT2D eigenvalue weighted by molar-refractivity contribution is 5.96. The van der Waals surface area contributed by atoms with Gasteiger partial charge in [-0.15, -0.1) is 0 Å². The lowest BCUT2D eigenvalue weighted by Crippen LogP contribution is -2.34. The van der Waals surface area contributed by atoms with E-state index in [1.54, 1.807) is 0 Å². The molecule has 1 atom stereocenters. The van der Waals surface area contributed by atoms with Crippen LogP contribution in [-0.4, -0.2) is 26.5 Å². The van der Waals surface area contributed by atoms with Crippen molar-refractivity contribution in [3.8, 4) is 40.1 Å². The summed E-state index contributed by atoms with van der Waals surface area (Å²) in [5.74, 6) is 0.0784. The van der Waals surface area contributed by atoms with E-state index in [4.69, 9.17) is 13.9 Å². The fourth-order valence-corrected chi connectivity index (χ4v) is 5.18. The highest BCUT2D eigenvalue weighted by atomic mass is 16.5. The van der Waals surface area contributed by atoms with Crippen molar-refractivity contribution < 1.29 is 29.2 Å². The summed E-state index contributed by atoms with van der Waals surface area (Å²) in [5.41, 5.74) is 0.420. The predicted octanol–water partition coefficient (Wildman–Crippen LogP) is 4.57. The monoisotopic (exact) mass is 434 g/mol. The van der Waals surface area contributed by atoms with E-state index in [2.05, 4.69) is 0 Å². The SMILES string of the molecule is CC1(C)C=Cc2c(cc(O)c3c(=O)c4c(oc23)-c2c(O)cc(O)c3c2[C@@H](C4)C(C)(C)O3)O1. The van der Waals surface area contributed by atoms with Crippen molar-refractivity contribution in [2.75, 3.05) is 0 Å². The van der Waals surface area contributed by atoms with Gasteiger partial charge in [0.2, 0.25) is 0 Å². The second kappa shape index (κ2) is 5.59. The van der Waals surface area contributed by atoms with E-state index in [0.29, 0.717) is 40.2 Å². The number of benzene rings is 2. The van der Waals surface area contributed by atoms with Gasteiger partial charge >= 0.3 is 0 Å². The molecule has 2 aromatic carbocycles. The first-order chi connectivity index (χ1) is 15.0. The molecule has 0 bridgehead atoms. The Kier molecular flexibility index (Phi) is 3.34. The normalized spacial score (nSPS) is 20.8. The Morgan fingerprint density at radius 2 is 1.75 bits per heavy atom. The maximum atomic E-state index is 13.6. The summed E-state index contributed by atoms with van der Waals surface area (Å²) < 4.78 is 18.3. The number of phenolic OH excluding ortho intramolecular Hbond substituents is 3. The minimum Gasteiger partial charge on any atom is -0.507 e. The van der Waals surface area contributed by atoms with Crippen molar-refractivity contribution in [3.05, 3.63) is 45.1 Å². The molecule has 3 aliphatic rings. The van der Waals surface area contributed by atoms with Crippen molar-refractivity contribution in [2.24, 2.45) is 0 Å². The molecule has 0 spiro atoms. The summed E-state index contributed by atoms with van der Waals surface area (Å²) in [7, 11) is 0. The fourth-order valence-electron chi connectivity index (χ4n) is 5.18. The van der Waals surface area contributed by atoms with Crippen LogP contribution in [0.1, 0.15) is 50.3 Å². The van der Waals surface area contributed by atoms with Crippen LogP contribution >= 0.6 is 0 Å². The number of phenols is 3. The molecule has 1 aliphatic carbocycles. The van der Waals surface area contributed by atoms with Gasteiger partial charge in [-0.1, -0.05) is 0 Å². The molecule has 1 aromatic heterocycles. The molecule has 7 heteroatoms. The standard InChI is InChI=1S/C25H22O7/c1-24(2)6-5-10-16(31-24)9-14(27)19-20(29)11-7-12-17-18(22(11)30-21(10)19)13(26)8-15(28)23(17)32-25(12,3)4/h5-6,8-9,12,26-28H,7H2,1-4H3/t12-/m1/s1. The molecule has 164 valence electrons. The van der Waals surface area contributed by atoms with Gasteiger partial charge in [-0.2, -0.15) is 0 Å². The van der Waals surface area contributed by atoms with E-state index in [1.165, 1.54) is 12.1 Å². The lowest BCUT2D eigenvalue weighted by molar-refractivity contribution is 0.106. The lowest BCUT2D eigenvalue weighted by atomic mass is 9.75. The van der Waals surface area contributed by atoms with Gasteiger partial charge in [0.25, 0.3) is 0 Å². The summed E-state index contributed by atoms with van der Waals surface area (Å²) in [6, 6.07) is 2.65. The van der Waals surface area contributed by atoms with Crippen molar-refractivity contribution in [1.82, 2.24) is 0 Å². The molecule has 3 heterocycles. The molecule has 0 amide bonds. The average molecular weight is 434 g/mol. The van der Waals surface area contributed by atoms with E-state index in [1.807, 2.05) is 39.8 Å². The predicted molar refractivity (Wildman–Crippen MR) is 118 cm³/mol. The molecular weight excluding hydrogens is 412 g/mol.